The molecule has 1 saturated heterocycles. The second-order valence-electron chi connectivity index (χ2n) is 6.76. The van der Waals surface area contributed by atoms with E-state index < -0.39 is 0 Å². The lowest BCUT2D eigenvalue weighted by atomic mass is 10.2. The number of halogens is 1. The monoisotopic (exact) mass is 454 g/mol. The number of carbonyl (C=O) groups is 1. The number of furan rings is 1. The average Bonchev–Trinajstić information content (AvgIpc) is 3.33. The van der Waals surface area contributed by atoms with Gasteiger partial charge in [0.15, 0.2) is 5.11 Å². The van der Waals surface area contributed by atoms with Crippen LogP contribution in [0.1, 0.15) is 17.1 Å². The van der Waals surface area contributed by atoms with Crippen molar-refractivity contribution in [2.75, 3.05) is 12.0 Å². The fourth-order valence-electron chi connectivity index (χ4n) is 3.15. The predicted octanol–water partition coefficient (Wildman–Crippen LogP) is 5.09. The molecule has 3 aromatic rings. The fraction of sp³-hybridized carbons (Fsp3) is 0.130. The van der Waals surface area contributed by atoms with E-state index in [1.54, 1.807) is 37.5 Å². The summed E-state index contributed by atoms with van der Waals surface area (Å²) in [5.41, 5.74) is 1.74. The number of para-hydroxylation sites is 2. The Bertz CT molecular complexity index is 1190. The first kappa shape index (κ1) is 21.0. The Labute approximate surface area is 190 Å². The van der Waals surface area contributed by atoms with Crippen LogP contribution in [0.2, 0.25) is 5.02 Å². The number of amides is 1. The molecule has 0 bridgehead atoms. The van der Waals surface area contributed by atoms with Gasteiger partial charge in [0.1, 0.15) is 35.3 Å². The number of nitrogens with one attached hydrogen (secondary N) is 1. The molecule has 0 aliphatic carbocycles. The summed E-state index contributed by atoms with van der Waals surface area (Å²) in [5.74, 6) is 2.06. The number of methoxy groups -OCH3 is 1. The molecule has 1 aliphatic rings. The van der Waals surface area contributed by atoms with Crippen LogP contribution in [0.3, 0.4) is 0 Å². The highest BCUT2D eigenvalue weighted by atomic mass is 35.5. The molecule has 0 atom stereocenters. The molecule has 0 unspecified atom stereocenters. The van der Waals surface area contributed by atoms with Crippen LogP contribution in [0.15, 0.2) is 64.7 Å². The Morgan fingerprint density at radius 1 is 1.13 bits per heavy atom. The molecule has 0 radical (unpaired) electrons. The van der Waals surface area contributed by atoms with Crippen LogP contribution in [-0.4, -0.2) is 18.1 Å². The molecular formula is C23H19ClN2O4S. The standard InChI is InChI=1S/C23H19ClN2O4S/c1-14-17(24)6-5-9-20(14)29-13-16-11-10-15(30-16)12-18-22(27)26(23(31)25-18)19-7-3-4-8-21(19)28-2/h3-12H,13H2,1-2H3,(H,25,31)/b18-12+. The lowest BCUT2D eigenvalue weighted by Crippen LogP contribution is -2.30. The van der Waals surface area contributed by atoms with Gasteiger partial charge in [0.25, 0.3) is 5.91 Å². The second-order valence-corrected chi connectivity index (χ2v) is 7.55. The van der Waals surface area contributed by atoms with E-state index in [-0.39, 0.29) is 17.6 Å². The van der Waals surface area contributed by atoms with E-state index in [9.17, 15) is 4.79 Å². The van der Waals surface area contributed by atoms with Crippen LogP contribution >= 0.6 is 23.8 Å². The summed E-state index contributed by atoms with van der Waals surface area (Å²) >= 11 is 11.5. The average molecular weight is 455 g/mol. The zero-order valence-electron chi connectivity index (χ0n) is 16.8. The van der Waals surface area contributed by atoms with E-state index in [1.807, 2.05) is 37.3 Å². The number of nitrogens with zero attached hydrogens (tertiary/aromatic N) is 1. The zero-order chi connectivity index (χ0) is 22.0. The van der Waals surface area contributed by atoms with Crippen molar-refractivity contribution in [3.8, 4) is 11.5 Å². The SMILES string of the molecule is COc1ccccc1N1C(=O)/C(=C\c2ccc(COc3cccc(Cl)c3C)o2)NC1=S. The molecule has 2 aromatic carbocycles. The first-order valence-corrected chi connectivity index (χ1v) is 10.2. The van der Waals surface area contributed by atoms with Crippen LogP contribution in [0.25, 0.3) is 6.08 Å². The van der Waals surface area contributed by atoms with Crippen molar-refractivity contribution in [1.82, 2.24) is 5.32 Å². The third kappa shape index (κ3) is 4.28. The highest BCUT2D eigenvalue weighted by Gasteiger charge is 2.33. The van der Waals surface area contributed by atoms with Crippen LogP contribution in [-0.2, 0) is 11.4 Å². The van der Waals surface area contributed by atoms with Gasteiger partial charge in [-0.15, -0.1) is 0 Å². The van der Waals surface area contributed by atoms with Crippen LogP contribution in [0.5, 0.6) is 11.5 Å². The van der Waals surface area contributed by atoms with Gasteiger partial charge in [-0.3, -0.25) is 4.79 Å². The lowest BCUT2D eigenvalue weighted by Gasteiger charge is -2.17. The fourth-order valence-corrected chi connectivity index (χ4v) is 3.61. The molecule has 158 valence electrons. The maximum atomic E-state index is 12.9. The summed E-state index contributed by atoms with van der Waals surface area (Å²) in [6.07, 6.45) is 1.61. The van der Waals surface area contributed by atoms with Crippen molar-refractivity contribution in [2.24, 2.45) is 0 Å². The van der Waals surface area contributed by atoms with Gasteiger partial charge in [0, 0.05) is 16.7 Å². The summed E-state index contributed by atoms with van der Waals surface area (Å²) in [7, 11) is 1.55. The zero-order valence-corrected chi connectivity index (χ0v) is 18.4. The quantitative estimate of drug-likeness (QED) is 0.413. The Hall–Kier alpha value is -3.29. The molecule has 2 heterocycles. The van der Waals surface area contributed by atoms with Gasteiger partial charge >= 0.3 is 0 Å². The Morgan fingerprint density at radius 3 is 2.71 bits per heavy atom. The predicted molar refractivity (Wildman–Crippen MR) is 123 cm³/mol. The van der Waals surface area contributed by atoms with Gasteiger partial charge in [0.05, 0.1) is 12.8 Å². The van der Waals surface area contributed by atoms with E-state index in [0.29, 0.717) is 39.4 Å². The molecule has 31 heavy (non-hydrogen) atoms. The summed E-state index contributed by atoms with van der Waals surface area (Å²) in [5, 5.41) is 3.85. The van der Waals surface area contributed by atoms with Crippen LogP contribution in [0.4, 0.5) is 5.69 Å². The number of hydrogen-bond donors (Lipinski definition) is 1. The van der Waals surface area contributed by atoms with Crippen molar-refractivity contribution in [3.05, 3.63) is 82.4 Å². The minimum absolute atomic E-state index is 0.234. The molecule has 1 aliphatic heterocycles. The van der Waals surface area contributed by atoms with Gasteiger partial charge in [-0.2, -0.15) is 0 Å². The first-order chi connectivity index (χ1) is 15.0. The summed E-state index contributed by atoms with van der Waals surface area (Å²) in [6.45, 7) is 2.13. The van der Waals surface area contributed by atoms with Gasteiger partial charge in [-0.1, -0.05) is 29.8 Å². The number of anilines is 1. The summed E-state index contributed by atoms with van der Waals surface area (Å²) < 4.78 is 16.9. The normalized spacial score (nSPS) is 14.8. The van der Waals surface area contributed by atoms with E-state index in [1.165, 1.54) is 4.90 Å². The number of ether oxygens (including phenoxy) is 2. The highest BCUT2D eigenvalue weighted by Crippen LogP contribution is 2.31. The second kappa shape index (κ2) is 8.83. The third-order valence-electron chi connectivity index (χ3n) is 4.76. The number of benzene rings is 2. The largest absolute Gasteiger partial charge is 0.495 e. The van der Waals surface area contributed by atoms with Crippen molar-refractivity contribution in [3.63, 3.8) is 0 Å². The van der Waals surface area contributed by atoms with Gasteiger partial charge in [-0.25, -0.2) is 4.90 Å². The van der Waals surface area contributed by atoms with Crippen molar-refractivity contribution in [1.29, 1.82) is 0 Å². The highest BCUT2D eigenvalue weighted by molar-refractivity contribution is 7.80. The van der Waals surface area contributed by atoms with Gasteiger partial charge in [0.2, 0.25) is 0 Å². The maximum absolute atomic E-state index is 12.9. The van der Waals surface area contributed by atoms with Crippen LogP contribution in [0, 0.1) is 6.92 Å². The van der Waals surface area contributed by atoms with Crippen molar-refractivity contribution < 1.29 is 18.7 Å². The van der Waals surface area contributed by atoms with E-state index in [4.69, 9.17) is 37.7 Å². The van der Waals surface area contributed by atoms with Gasteiger partial charge < -0.3 is 19.2 Å². The Morgan fingerprint density at radius 2 is 1.90 bits per heavy atom. The first-order valence-electron chi connectivity index (χ1n) is 9.44. The molecule has 1 fully saturated rings. The molecule has 1 aromatic heterocycles. The van der Waals surface area contributed by atoms with E-state index in [0.717, 1.165) is 5.56 Å². The number of carbonyl (C=O) groups excluding carboxylic acids is 1. The third-order valence-corrected chi connectivity index (χ3v) is 5.46. The molecule has 6 nitrogen and oxygen atoms in total. The Balaban J connectivity index is 1.49. The lowest BCUT2D eigenvalue weighted by molar-refractivity contribution is -0.113. The molecule has 4 rings (SSSR count). The topological polar surface area (TPSA) is 63.9 Å². The molecular weight excluding hydrogens is 436 g/mol. The summed E-state index contributed by atoms with van der Waals surface area (Å²) in [4.78, 5) is 14.3. The number of hydrogen-bond acceptors (Lipinski definition) is 5. The minimum Gasteiger partial charge on any atom is -0.495 e. The molecule has 1 N–H and O–H groups in total. The van der Waals surface area contributed by atoms with Crippen molar-refractivity contribution >= 4 is 46.6 Å². The van der Waals surface area contributed by atoms with E-state index >= 15 is 0 Å². The summed E-state index contributed by atoms with van der Waals surface area (Å²) in [6, 6.07) is 16.2. The molecule has 0 saturated carbocycles. The number of rotatable bonds is 6. The van der Waals surface area contributed by atoms with Gasteiger partial charge in [-0.05, 0) is 55.5 Å². The Kier molecular flexibility index (Phi) is 5.97. The molecule has 1 amide bonds. The van der Waals surface area contributed by atoms with E-state index in [2.05, 4.69) is 5.32 Å². The minimum atomic E-state index is -0.293. The maximum Gasteiger partial charge on any atom is 0.281 e. The molecule has 8 heteroatoms. The van der Waals surface area contributed by atoms with Crippen molar-refractivity contribution in [2.45, 2.75) is 13.5 Å². The molecule has 0 spiro atoms. The smallest absolute Gasteiger partial charge is 0.281 e. The van der Waals surface area contributed by atoms with Crippen LogP contribution < -0.4 is 19.7 Å². The number of thiocarbonyl (C=S) groups is 1.